The first-order valence-corrected chi connectivity index (χ1v) is 8.41. The quantitative estimate of drug-likeness (QED) is 0.717. The van der Waals surface area contributed by atoms with Crippen LogP contribution in [0.5, 0.6) is 0 Å². The number of aromatic amines is 1. The minimum absolute atomic E-state index is 0.0810. The molecule has 10 heteroatoms. The number of hydrogen-bond donors (Lipinski definition) is 1. The largest absolute Gasteiger partial charge is 0.417 e. The summed E-state index contributed by atoms with van der Waals surface area (Å²) in [4.78, 5) is 13.8. The third-order valence-corrected chi connectivity index (χ3v) is 5.77. The molecule has 1 N–H and O–H groups in total. The maximum Gasteiger partial charge on any atom is 0.417 e. The van der Waals surface area contributed by atoms with E-state index < -0.39 is 15.8 Å². The monoisotopic (exact) mass is 335 g/mol. The van der Waals surface area contributed by atoms with Crippen molar-refractivity contribution in [3.05, 3.63) is 40.4 Å². The highest BCUT2D eigenvalue weighted by Gasteiger charge is 2.30. The molecule has 1 aliphatic rings. The van der Waals surface area contributed by atoms with Crippen LogP contribution in [-0.2, 0) is 23.1 Å². The van der Waals surface area contributed by atoms with Gasteiger partial charge in [-0.3, -0.25) is 4.98 Å². The van der Waals surface area contributed by atoms with E-state index >= 15 is 0 Å². The number of aromatic nitrogens is 4. The smallest absolute Gasteiger partial charge is 0.408 e. The average Bonchev–Trinajstić information content (AvgIpc) is 3.08. The molecule has 23 heavy (non-hydrogen) atoms. The van der Waals surface area contributed by atoms with E-state index in [9.17, 15) is 13.2 Å². The standard InChI is InChI=1S/C13H13N5O4S/c1-8-15-16-12-7-17(4-5-18(8)12)23(20,21)9-2-3-10-11(6-9)22-13(19)14-10/h2-3,6H,4-5,7H2,1H3,(H,14,19). The van der Waals surface area contributed by atoms with Gasteiger partial charge in [0.2, 0.25) is 10.0 Å². The highest BCUT2D eigenvalue weighted by Crippen LogP contribution is 2.23. The topological polar surface area (TPSA) is 114 Å². The highest BCUT2D eigenvalue weighted by atomic mass is 32.2. The number of fused-ring (bicyclic) bond motifs is 2. The first kappa shape index (κ1) is 14.2. The number of H-pyrrole nitrogens is 1. The van der Waals surface area contributed by atoms with Crippen LogP contribution in [0.25, 0.3) is 11.1 Å². The molecular weight excluding hydrogens is 322 g/mol. The molecule has 0 atom stereocenters. The van der Waals surface area contributed by atoms with Gasteiger partial charge >= 0.3 is 5.76 Å². The second-order valence-electron chi connectivity index (χ2n) is 5.33. The Morgan fingerprint density at radius 2 is 2.09 bits per heavy atom. The number of rotatable bonds is 2. The van der Waals surface area contributed by atoms with E-state index in [1.54, 1.807) is 0 Å². The van der Waals surface area contributed by atoms with E-state index in [0.717, 1.165) is 5.82 Å². The van der Waals surface area contributed by atoms with Crippen LogP contribution in [0.4, 0.5) is 0 Å². The van der Waals surface area contributed by atoms with Gasteiger partial charge in [-0.2, -0.15) is 4.31 Å². The molecule has 0 saturated carbocycles. The van der Waals surface area contributed by atoms with Gasteiger partial charge in [0, 0.05) is 19.2 Å². The number of benzene rings is 1. The van der Waals surface area contributed by atoms with Crippen LogP contribution >= 0.6 is 0 Å². The number of nitrogens with zero attached hydrogens (tertiary/aromatic N) is 4. The van der Waals surface area contributed by atoms with E-state index in [-0.39, 0.29) is 17.0 Å². The summed E-state index contributed by atoms with van der Waals surface area (Å²) >= 11 is 0. The molecule has 3 heterocycles. The Morgan fingerprint density at radius 3 is 2.91 bits per heavy atom. The van der Waals surface area contributed by atoms with Crippen LogP contribution in [0.1, 0.15) is 11.6 Å². The number of nitrogens with one attached hydrogen (secondary N) is 1. The molecule has 120 valence electrons. The minimum Gasteiger partial charge on any atom is -0.408 e. The molecular formula is C13H13N5O4S. The first-order valence-electron chi connectivity index (χ1n) is 6.97. The molecule has 0 radical (unpaired) electrons. The summed E-state index contributed by atoms with van der Waals surface area (Å²) in [6.07, 6.45) is 0. The molecule has 9 nitrogen and oxygen atoms in total. The first-order chi connectivity index (χ1) is 10.9. The van der Waals surface area contributed by atoms with E-state index in [4.69, 9.17) is 4.42 Å². The molecule has 3 aromatic rings. The summed E-state index contributed by atoms with van der Waals surface area (Å²) in [7, 11) is -3.70. The Labute approximate surface area is 130 Å². The summed E-state index contributed by atoms with van der Waals surface area (Å²) in [5.41, 5.74) is 0.676. The van der Waals surface area contributed by atoms with Gasteiger partial charge in [0.25, 0.3) is 0 Å². The molecule has 0 amide bonds. The van der Waals surface area contributed by atoms with Crippen molar-refractivity contribution >= 4 is 21.1 Å². The van der Waals surface area contributed by atoms with Gasteiger partial charge in [-0.1, -0.05) is 0 Å². The Hall–Kier alpha value is -2.46. The van der Waals surface area contributed by atoms with E-state index in [2.05, 4.69) is 15.2 Å². The molecule has 0 fully saturated rings. The summed E-state index contributed by atoms with van der Waals surface area (Å²) < 4.78 is 33.8. The number of hydrogen-bond acceptors (Lipinski definition) is 6. The van der Waals surface area contributed by atoms with Crippen LogP contribution in [0, 0.1) is 6.92 Å². The van der Waals surface area contributed by atoms with Gasteiger partial charge in [-0.15, -0.1) is 10.2 Å². The van der Waals surface area contributed by atoms with Crippen molar-refractivity contribution in [3.63, 3.8) is 0 Å². The second-order valence-corrected chi connectivity index (χ2v) is 7.26. The summed E-state index contributed by atoms with van der Waals surface area (Å²) in [5, 5.41) is 7.98. The molecule has 0 aliphatic carbocycles. The number of aryl methyl sites for hydroxylation is 1. The summed E-state index contributed by atoms with van der Waals surface area (Å²) in [6.45, 7) is 2.85. The van der Waals surface area contributed by atoms with Crippen LogP contribution in [0.15, 0.2) is 32.3 Å². The zero-order chi connectivity index (χ0) is 16.2. The lowest BCUT2D eigenvalue weighted by Gasteiger charge is -2.26. The molecule has 1 aromatic carbocycles. The van der Waals surface area contributed by atoms with Crippen molar-refractivity contribution in [3.8, 4) is 0 Å². The van der Waals surface area contributed by atoms with Crippen molar-refractivity contribution < 1.29 is 12.8 Å². The van der Waals surface area contributed by atoms with Gasteiger partial charge in [-0.25, -0.2) is 13.2 Å². The van der Waals surface area contributed by atoms with Crippen LogP contribution in [-0.4, -0.2) is 39.0 Å². The van der Waals surface area contributed by atoms with Gasteiger partial charge < -0.3 is 8.98 Å². The lowest BCUT2D eigenvalue weighted by molar-refractivity contribution is 0.333. The molecule has 4 rings (SSSR count). The Kier molecular flexibility index (Phi) is 2.93. The van der Waals surface area contributed by atoms with Crippen molar-refractivity contribution in [2.24, 2.45) is 0 Å². The lowest BCUT2D eigenvalue weighted by atomic mass is 10.3. The van der Waals surface area contributed by atoms with Crippen molar-refractivity contribution in [2.45, 2.75) is 24.9 Å². The normalized spacial score (nSPS) is 15.9. The van der Waals surface area contributed by atoms with Gasteiger partial charge in [0.15, 0.2) is 5.58 Å². The third-order valence-electron chi connectivity index (χ3n) is 3.93. The Bertz CT molecular complexity index is 1060. The van der Waals surface area contributed by atoms with Crippen molar-refractivity contribution in [2.75, 3.05) is 6.54 Å². The summed E-state index contributed by atoms with van der Waals surface area (Å²) in [5.74, 6) is 0.773. The van der Waals surface area contributed by atoms with Crippen molar-refractivity contribution in [1.82, 2.24) is 24.1 Å². The van der Waals surface area contributed by atoms with Crippen LogP contribution in [0.2, 0.25) is 0 Å². The fourth-order valence-corrected chi connectivity index (χ4v) is 4.12. The molecule has 0 spiro atoms. The minimum atomic E-state index is -3.70. The Morgan fingerprint density at radius 1 is 1.26 bits per heavy atom. The molecule has 0 bridgehead atoms. The molecule has 2 aromatic heterocycles. The number of oxazole rings is 1. The lowest BCUT2D eigenvalue weighted by Crippen LogP contribution is -2.38. The fourth-order valence-electron chi connectivity index (χ4n) is 2.72. The zero-order valence-corrected chi connectivity index (χ0v) is 13.0. The van der Waals surface area contributed by atoms with Crippen molar-refractivity contribution in [1.29, 1.82) is 0 Å². The van der Waals surface area contributed by atoms with E-state index in [0.29, 0.717) is 24.4 Å². The van der Waals surface area contributed by atoms with Crippen LogP contribution < -0.4 is 5.76 Å². The highest BCUT2D eigenvalue weighted by molar-refractivity contribution is 7.89. The maximum atomic E-state index is 12.8. The molecule has 0 saturated heterocycles. The summed E-state index contributed by atoms with van der Waals surface area (Å²) in [6, 6.07) is 4.32. The van der Waals surface area contributed by atoms with E-state index in [1.165, 1.54) is 22.5 Å². The average molecular weight is 335 g/mol. The van der Waals surface area contributed by atoms with Gasteiger partial charge in [0.1, 0.15) is 11.6 Å². The molecule has 1 aliphatic heterocycles. The van der Waals surface area contributed by atoms with E-state index in [1.807, 2.05) is 11.5 Å². The predicted molar refractivity (Wildman–Crippen MR) is 79.2 cm³/mol. The van der Waals surface area contributed by atoms with Crippen LogP contribution in [0.3, 0.4) is 0 Å². The zero-order valence-electron chi connectivity index (χ0n) is 12.2. The SMILES string of the molecule is Cc1nnc2n1CCN(S(=O)(=O)c1ccc3[nH]c(=O)oc3c1)C2. The van der Waals surface area contributed by atoms with Gasteiger partial charge in [-0.05, 0) is 19.1 Å². The predicted octanol–water partition coefficient (Wildman–Crippen LogP) is 0.226. The third kappa shape index (κ3) is 2.18. The number of sulfonamides is 1. The molecule has 0 unspecified atom stereocenters. The fraction of sp³-hybridized carbons (Fsp3) is 0.308. The Balaban J connectivity index is 1.73. The maximum absolute atomic E-state index is 12.8. The second kappa shape index (κ2) is 4.77. The van der Waals surface area contributed by atoms with Gasteiger partial charge in [0.05, 0.1) is 17.0 Å².